The predicted octanol–water partition coefficient (Wildman–Crippen LogP) is 1.80. The molecule has 6 nitrogen and oxygen atoms in total. The Morgan fingerprint density at radius 2 is 2.29 bits per heavy atom. The predicted molar refractivity (Wildman–Crippen MR) is 76.9 cm³/mol. The molecule has 1 aliphatic heterocycles. The lowest BCUT2D eigenvalue weighted by Crippen LogP contribution is -2.27. The van der Waals surface area contributed by atoms with Gasteiger partial charge in [-0.05, 0) is 31.0 Å². The average Bonchev–Trinajstić information content (AvgIpc) is 3.18. The number of hydrogen-bond acceptors (Lipinski definition) is 4. The highest BCUT2D eigenvalue weighted by Gasteiger charge is 2.25. The van der Waals surface area contributed by atoms with Gasteiger partial charge in [0.05, 0.1) is 30.1 Å². The Balaban J connectivity index is 1.72. The van der Waals surface area contributed by atoms with Gasteiger partial charge in [0.15, 0.2) is 0 Å². The summed E-state index contributed by atoms with van der Waals surface area (Å²) < 4.78 is 5.38. The first kappa shape index (κ1) is 13.8. The molecule has 21 heavy (non-hydrogen) atoms. The Kier molecular flexibility index (Phi) is 3.96. The third-order valence-corrected chi connectivity index (χ3v) is 3.81. The molecule has 0 saturated carbocycles. The minimum absolute atomic E-state index is 0.0805. The molecule has 0 aromatic carbocycles. The third-order valence-electron chi connectivity index (χ3n) is 3.81. The number of ether oxygens (including phenoxy) is 1. The van der Waals surface area contributed by atoms with E-state index in [0.29, 0.717) is 12.2 Å². The standard InChI is InChI=1S/C15H18N4O2/c1-10(11-2-5-16-6-3-11)18-15(20)13-8-17-19-14(13)12-4-7-21-9-12/h2-3,5-6,8,10,12H,4,7,9H2,1H3,(H,17,19)(H,18,20)/t10-,12+/m1/s1. The van der Waals surface area contributed by atoms with Crippen molar-refractivity contribution in [2.45, 2.75) is 25.3 Å². The summed E-state index contributed by atoms with van der Waals surface area (Å²) in [7, 11) is 0. The summed E-state index contributed by atoms with van der Waals surface area (Å²) in [5, 5.41) is 9.95. The first-order chi connectivity index (χ1) is 10.3. The van der Waals surface area contributed by atoms with Crippen molar-refractivity contribution in [3.8, 4) is 0 Å². The maximum Gasteiger partial charge on any atom is 0.255 e. The second-order valence-corrected chi connectivity index (χ2v) is 5.23. The van der Waals surface area contributed by atoms with Gasteiger partial charge in [0, 0.05) is 24.9 Å². The van der Waals surface area contributed by atoms with E-state index >= 15 is 0 Å². The summed E-state index contributed by atoms with van der Waals surface area (Å²) in [6.45, 7) is 3.33. The van der Waals surface area contributed by atoms with Gasteiger partial charge in [-0.25, -0.2) is 0 Å². The number of carbonyl (C=O) groups excluding carboxylic acids is 1. The van der Waals surface area contributed by atoms with Gasteiger partial charge in [-0.2, -0.15) is 5.10 Å². The maximum atomic E-state index is 12.4. The molecule has 1 fully saturated rings. The van der Waals surface area contributed by atoms with Crippen molar-refractivity contribution in [2.75, 3.05) is 13.2 Å². The SMILES string of the molecule is C[C@@H](NC(=O)c1cn[nH]c1[C@H]1CCOC1)c1ccncc1. The number of amides is 1. The van der Waals surface area contributed by atoms with E-state index in [4.69, 9.17) is 4.74 Å². The highest BCUT2D eigenvalue weighted by molar-refractivity contribution is 5.95. The minimum atomic E-state index is -0.116. The van der Waals surface area contributed by atoms with Crippen LogP contribution in [0.15, 0.2) is 30.7 Å². The molecule has 2 aromatic rings. The largest absolute Gasteiger partial charge is 0.381 e. The van der Waals surface area contributed by atoms with Crippen molar-refractivity contribution < 1.29 is 9.53 Å². The van der Waals surface area contributed by atoms with Gasteiger partial charge in [0.1, 0.15) is 0 Å². The number of nitrogens with one attached hydrogen (secondary N) is 2. The number of pyridine rings is 1. The molecule has 6 heteroatoms. The second-order valence-electron chi connectivity index (χ2n) is 5.23. The normalized spacial score (nSPS) is 19.4. The number of aromatic nitrogens is 3. The summed E-state index contributed by atoms with van der Waals surface area (Å²) in [5.41, 5.74) is 2.49. The summed E-state index contributed by atoms with van der Waals surface area (Å²) in [4.78, 5) is 16.4. The Hall–Kier alpha value is -2.21. The second kappa shape index (κ2) is 6.05. The van der Waals surface area contributed by atoms with Crippen molar-refractivity contribution >= 4 is 5.91 Å². The van der Waals surface area contributed by atoms with Crippen LogP contribution in [0.1, 0.15) is 46.9 Å². The van der Waals surface area contributed by atoms with Gasteiger partial charge in [-0.3, -0.25) is 14.9 Å². The van der Waals surface area contributed by atoms with E-state index < -0.39 is 0 Å². The van der Waals surface area contributed by atoms with Crippen LogP contribution in [0.3, 0.4) is 0 Å². The Morgan fingerprint density at radius 3 is 3.00 bits per heavy atom. The monoisotopic (exact) mass is 286 g/mol. The van der Waals surface area contributed by atoms with Crippen LogP contribution in [0, 0.1) is 0 Å². The Morgan fingerprint density at radius 1 is 1.48 bits per heavy atom. The van der Waals surface area contributed by atoms with E-state index in [0.717, 1.165) is 24.3 Å². The van der Waals surface area contributed by atoms with E-state index in [1.165, 1.54) is 0 Å². The molecule has 1 amide bonds. The zero-order valence-corrected chi connectivity index (χ0v) is 11.9. The smallest absolute Gasteiger partial charge is 0.255 e. The van der Waals surface area contributed by atoms with Crippen LogP contribution in [0.5, 0.6) is 0 Å². The van der Waals surface area contributed by atoms with E-state index in [2.05, 4.69) is 20.5 Å². The first-order valence-corrected chi connectivity index (χ1v) is 7.07. The third kappa shape index (κ3) is 2.95. The zero-order valence-electron chi connectivity index (χ0n) is 11.9. The fourth-order valence-corrected chi connectivity index (χ4v) is 2.56. The first-order valence-electron chi connectivity index (χ1n) is 7.07. The number of aromatic amines is 1. The molecule has 3 heterocycles. The molecule has 2 N–H and O–H groups in total. The van der Waals surface area contributed by atoms with Gasteiger partial charge in [0.2, 0.25) is 0 Å². The molecule has 0 unspecified atom stereocenters. The van der Waals surface area contributed by atoms with Gasteiger partial charge >= 0.3 is 0 Å². The van der Waals surface area contributed by atoms with Crippen molar-refractivity contribution in [3.05, 3.63) is 47.5 Å². The number of carbonyl (C=O) groups is 1. The summed E-state index contributed by atoms with van der Waals surface area (Å²) in [6, 6.07) is 3.71. The molecule has 2 atom stereocenters. The van der Waals surface area contributed by atoms with Crippen molar-refractivity contribution in [1.29, 1.82) is 0 Å². The lowest BCUT2D eigenvalue weighted by Gasteiger charge is -2.15. The van der Waals surface area contributed by atoms with Crippen LogP contribution in [-0.2, 0) is 4.74 Å². The van der Waals surface area contributed by atoms with Crippen LogP contribution in [-0.4, -0.2) is 34.3 Å². The summed E-state index contributed by atoms with van der Waals surface area (Å²) >= 11 is 0. The van der Waals surface area contributed by atoms with Crippen molar-refractivity contribution in [1.82, 2.24) is 20.5 Å². The van der Waals surface area contributed by atoms with Crippen LogP contribution < -0.4 is 5.32 Å². The topological polar surface area (TPSA) is 79.9 Å². The lowest BCUT2D eigenvalue weighted by atomic mass is 10.0. The highest BCUT2D eigenvalue weighted by atomic mass is 16.5. The number of nitrogens with zero attached hydrogens (tertiary/aromatic N) is 2. The maximum absolute atomic E-state index is 12.4. The molecular formula is C15H18N4O2. The molecule has 2 aromatic heterocycles. The van der Waals surface area contributed by atoms with Crippen molar-refractivity contribution in [3.63, 3.8) is 0 Å². The van der Waals surface area contributed by atoms with Crippen LogP contribution in [0.2, 0.25) is 0 Å². The van der Waals surface area contributed by atoms with Crippen LogP contribution in [0.4, 0.5) is 0 Å². The van der Waals surface area contributed by atoms with E-state index in [1.807, 2.05) is 19.1 Å². The van der Waals surface area contributed by atoms with Crippen molar-refractivity contribution in [2.24, 2.45) is 0 Å². The summed E-state index contributed by atoms with van der Waals surface area (Å²) in [6.07, 6.45) is 5.94. The Labute approximate surface area is 122 Å². The highest BCUT2D eigenvalue weighted by Crippen LogP contribution is 2.26. The molecule has 0 bridgehead atoms. The van der Waals surface area contributed by atoms with E-state index in [-0.39, 0.29) is 17.9 Å². The molecular weight excluding hydrogens is 268 g/mol. The van der Waals surface area contributed by atoms with Gasteiger partial charge in [0.25, 0.3) is 5.91 Å². The van der Waals surface area contributed by atoms with Gasteiger partial charge < -0.3 is 10.1 Å². The van der Waals surface area contributed by atoms with Gasteiger partial charge in [-0.1, -0.05) is 0 Å². The lowest BCUT2D eigenvalue weighted by molar-refractivity contribution is 0.0938. The molecule has 1 aliphatic rings. The van der Waals surface area contributed by atoms with Crippen LogP contribution in [0.25, 0.3) is 0 Å². The summed E-state index contributed by atoms with van der Waals surface area (Å²) in [5.74, 6) is 0.111. The van der Waals surface area contributed by atoms with E-state index in [1.54, 1.807) is 18.6 Å². The number of rotatable bonds is 4. The molecule has 1 saturated heterocycles. The minimum Gasteiger partial charge on any atom is -0.381 e. The quantitative estimate of drug-likeness (QED) is 0.898. The molecule has 0 aliphatic carbocycles. The number of hydrogen-bond donors (Lipinski definition) is 2. The average molecular weight is 286 g/mol. The molecule has 0 spiro atoms. The fraction of sp³-hybridized carbons (Fsp3) is 0.400. The molecule has 0 radical (unpaired) electrons. The zero-order chi connectivity index (χ0) is 14.7. The number of H-pyrrole nitrogens is 1. The Bertz CT molecular complexity index is 605. The molecule has 3 rings (SSSR count). The van der Waals surface area contributed by atoms with Crippen LogP contribution >= 0.6 is 0 Å². The van der Waals surface area contributed by atoms with E-state index in [9.17, 15) is 4.79 Å². The van der Waals surface area contributed by atoms with Gasteiger partial charge in [-0.15, -0.1) is 0 Å². The molecule has 110 valence electrons. The fourth-order valence-electron chi connectivity index (χ4n) is 2.56.